The van der Waals surface area contributed by atoms with Crippen molar-refractivity contribution < 1.29 is 28.6 Å². The number of hydrogen-bond donors (Lipinski definition) is 1. The number of hydroxylamine groups is 2. The van der Waals surface area contributed by atoms with Crippen LogP contribution >= 0.6 is 8.53 Å². The Bertz CT molecular complexity index is 483. The van der Waals surface area contributed by atoms with Crippen LogP contribution in [0.1, 0.15) is 90.9 Å². The second-order valence-electron chi connectivity index (χ2n) is 7.31. The molecule has 0 bridgehead atoms. The minimum atomic E-state index is -1.46. The van der Waals surface area contributed by atoms with Crippen molar-refractivity contribution >= 4 is 26.3 Å². The predicted molar refractivity (Wildman–Crippen MR) is 111 cm³/mol. The van der Waals surface area contributed by atoms with Gasteiger partial charge < -0.3 is 14.3 Å². The molecule has 1 unspecified atom stereocenters. The van der Waals surface area contributed by atoms with Crippen molar-refractivity contribution in [1.82, 2.24) is 9.73 Å². The van der Waals surface area contributed by atoms with Gasteiger partial charge in [-0.25, -0.2) is 9.46 Å². The molecule has 0 aromatic heterocycles. The summed E-state index contributed by atoms with van der Waals surface area (Å²) >= 11 is 0. The van der Waals surface area contributed by atoms with Crippen LogP contribution in [0.5, 0.6) is 0 Å². The van der Waals surface area contributed by atoms with Gasteiger partial charge in [0.25, 0.3) is 20.3 Å². The molecule has 8 nitrogen and oxygen atoms in total. The SMILES string of the molecule is CCCN(CCC)P(O)OCCCCCCCCCC(=O)ON1C(=O)CCC1=O. The molecule has 1 saturated heterocycles. The van der Waals surface area contributed by atoms with Crippen LogP contribution in [0.3, 0.4) is 0 Å². The highest BCUT2D eigenvalue weighted by atomic mass is 31.2. The van der Waals surface area contributed by atoms with Gasteiger partial charge in [-0.05, 0) is 25.7 Å². The molecule has 1 rings (SSSR count). The van der Waals surface area contributed by atoms with E-state index in [0.29, 0.717) is 18.1 Å². The standard InChI is InChI=1S/C20H37N2O6P/c1-3-15-21(16-4-2)29(26)27-17-11-9-7-5-6-8-10-12-20(25)28-22-18(23)13-14-19(22)24/h26H,3-17H2,1-2H3. The Morgan fingerprint density at radius 1 is 0.966 bits per heavy atom. The zero-order valence-electron chi connectivity index (χ0n) is 17.9. The Morgan fingerprint density at radius 2 is 1.48 bits per heavy atom. The quantitative estimate of drug-likeness (QED) is 0.210. The van der Waals surface area contributed by atoms with Crippen LogP contribution in [0, 0.1) is 0 Å². The van der Waals surface area contributed by atoms with E-state index in [1.165, 1.54) is 0 Å². The summed E-state index contributed by atoms with van der Waals surface area (Å²) < 4.78 is 7.62. The van der Waals surface area contributed by atoms with Gasteiger partial charge in [0.2, 0.25) is 0 Å². The Labute approximate surface area is 175 Å². The van der Waals surface area contributed by atoms with Gasteiger partial charge in [0.15, 0.2) is 0 Å². The summed E-state index contributed by atoms with van der Waals surface area (Å²) in [6, 6.07) is 0. The van der Waals surface area contributed by atoms with Crippen molar-refractivity contribution in [2.24, 2.45) is 0 Å². The number of carbonyl (C=O) groups is 3. The first kappa shape index (κ1) is 26.0. The van der Waals surface area contributed by atoms with E-state index in [-0.39, 0.29) is 19.3 Å². The van der Waals surface area contributed by atoms with Crippen LogP contribution in [0.4, 0.5) is 0 Å². The number of amides is 2. The fourth-order valence-electron chi connectivity index (χ4n) is 3.09. The highest BCUT2D eigenvalue weighted by molar-refractivity contribution is 7.43. The van der Waals surface area contributed by atoms with Crippen LogP contribution in [0.2, 0.25) is 0 Å². The third-order valence-corrected chi connectivity index (χ3v) is 5.93. The monoisotopic (exact) mass is 432 g/mol. The molecule has 1 fully saturated rings. The number of rotatable bonds is 17. The molecule has 168 valence electrons. The van der Waals surface area contributed by atoms with E-state index in [1.54, 1.807) is 0 Å². The second kappa shape index (κ2) is 15.7. The zero-order chi connectivity index (χ0) is 21.5. The summed E-state index contributed by atoms with van der Waals surface area (Å²) in [5.74, 6) is -1.40. The number of unbranched alkanes of at least 4 members (excludes halogenated alkanes) is 6. The molecular weight excluding hydrogens is 395 g/mol. The van der Waals surface area contributed by atoms with Gasteiger partial charge in [0, 0.05) is 32.4 Å². The summed E-state index contributed by atoms with van der Waals surface area (Å²) in [6.45, 7) is 6.53. The largest absolute Gasteiger partial charge is 0.338 e. The Kier molecular flexibility index (Phi) is 14.1. The van der Waals surface area contributed by atoms with Gasteiger partial charge >= 0.3 is 5.97 Å². The minimum absolute atomic E-state index is 0.118. The van der Waals surface area contributed by atoms with Gasteiger partial charge in [-0.1, -0.05) is 46.0 Å². The van der Waals surface area contributed by atoms with E-state index >= 15 is 0 Å². The molecule has 0 saturated carbocycles. The Morgan fingerprint density at radius 3 is 2.03 bits per heavy atom. The molecule has 1 heterocycles. The van der Waals surface area contributed by atoms with Crippen molar-refractivity contribution in [1.29, 1.82) is 0 Å². The summed E-state index contributed by atoms with van der Waals surface area (Å²) in [6.07, 6.45) is 9.30. The Hall–Kier alpha value is -1.08. The van der Waals surface area contributed by atoms with Gasteiger partial charge in [0.1, 0.15) is 0 Å². The summed E-state index contributed by atoms with van der Waals surface area (Å²) in [7, 11) is -1.46. The highest BCUT2D eigenvalue weighted by Crippen LogP contribution is 2.37. The lowest BCUT2D eigenvalue weighted by Gasteiger charge is -2.25. The van der Waals surface area contributed by atoms with E-state index in [2.05, 4.69) is 13.8 Å². The van der Waals surface area contributed by atoms with Crippen LogP contribution in [-0.4, -0.2) is 52.1 Å². The lowest BCUT2D eigenvalue weighted by Crippen LogP contribution is -2.31. The average molecular weight is 432 g/mol. The molecule has 2 amide bonds. The van der Waals surface area contributed by atoms with Crippen LogP contribution in [-0.2, 0) is 23.7 Å². The zero-order valence-corrected chi connectivity index (χ0v) is 18.8. The summed E-state index contributed by atoms with van der Waals surface area (Å²) in [4.78, 5) is 49.4. The molecule has 1 N–H and O–H groups in total. The van der Waals surface area contributed by atoms with Gasteiger partial charge in [-0.3, -0.25) is 9.59 Å². The molecule has 0 aromatic rings. The van der Waals surface area contributed by atoms with Crippen LogP contribution in [0.25, 0.3) is 0 Å². The van der Waals surface area contributed by atoms with Crippen molar-refractivity contribution in [2.45, 2.75) is 90.9 Å². The molecule has 0 aliphatic carbocycles. The van der Waals surface area contributed by atoms with Crippen molar-refractivity contribution in [3.63, 3.8) is 0 Å². The fraction of sp³-hybridized carbons (Fsp3) is 0.850. The number of carbonyl (C=O) groups excluding carboxylic acids is 3. The summed E-state index contributed by atoms with van der Waals surface area (Å²) in [5, 5.41) is 0.604. The molecule has 29 heavy (non-hydrogen) atoms. The van der Waals surface area contributed by atoms with E-state index in [1.807, 2.05) is 4.67 Å². The molecule has 0 spiro atoms. The first-order chi connectivity index (χ1) is 14.0. The van der Waals surface area contributed by atoms with Crippen molar-refractivity contribution in [3.05, 3.63) is 0 Å². The molecule has 0 radical (unpaired) electrons. The van der Waals surface area contributed by atoms with Gasteiger partial charge in [-0.15, -0.1) is 5.06 Å². The first-order valence-corrected chi connectivity index (χ1v) is 12.1. The van der Waals surface area contributed by atoms with Crippen LogP contribution < -0.4 is 0 Å². The third-order valence-electron chi connectivity index (χ3n) is 4.64. The number of hydrogen-bond acceptors (Lipinski definition) is 7. The normalized spacial score (nSPS) is 15.4. The molecule has 0 aromatic carbocycles. The average Bonchev–Trinajstić information content (AvgIpc) is 3.01. The summed E-state index contributed by atoms with van der Waals surface area (Å²) in [5.41, 5.74) is 0. The van der Waals surface area contributed by atoms with E-state index < -0.39 is 26.3 Å². The van der Waals surface area contributed by atoms with Crippen molar-refractivity contribution in [2.75, 3.05) is 19.7 Å². The fourth-order valence-corrected chi connectivity index (χ4v) is 4.29. The maximum absolute atomic E-state index is 11.7. The third kappa shape index (κ3) is 11.0. The molecule has 1 aliphatic rings. The lowest BCUT2D eigenvalue weighted by atomic mass is 10.1. The second-order valence-corrected chi connectivity index (χ2v) is 8.64. The first-order valence-electron chi connectivity index (χ1n) is 10.9. The molecule has 1 atom stereocenters. The van der Waals surface area contributed by atoms with Gasteiger partial charge in [0.05, 0.1) is 6.61 Å². The smallest absolute Gasteiger partial charge is 0.333 e. The number of imide groups is 1. The van der Waals surface area contributed by atoms with E-state index in [0.717, 1.165) is 64.5 Å². The predicted octanol–water partition coefficient (Wildman–Crippen LogP) is 4.07. The van der Waals surface area contributed by atoms with Gasteiger partial charge in [-0.2, -0.15) is 0 Å². The molecular formula is C20H37N2O6P. The van der Waals surface area contributed by atoms with Crippen molar-refractivity contribution in [3.8, 4) is 0 Å². The number of nitrogens with zero attached hydrogens (tertiary/aromatic N) is 2. The molecule has 9 heteroatoms. The topological polar surface area (TPSA) is 96.4 Å². The Balaban J connectivity index is 1.95. The minimum Gasteiger partial charge on any atom is -0.338 e. The lowest BCUT2D eigenvalue weighted by molar-refractivity contribution is -0.197. The van der Waals surface area contributed by atoms with E-state index in [4.69, 9.17) is 9.36 Å². The van der Waals surface area contributed by atoms with Crippen LogP contribution in [0.15, 0.2) is 0 Å². The molecule has 1 aliphatic heterocycles. The highest BCUT2D eigenvalue weighted by Gasteiger charge is 2.32. The van der Waals surface area contributed by atoms with E-state index in [9.17, 15) is 19.3 Å². The maximum Gasteiger partial charge on any atom is 0.333 e. The maximum atomic E-state index is 11.7.